The molecule has 0 saturated carbocycles. The molecule has 9 heteroatoms. The Morgan fingerprint density at radius 3 is 2.23 bits per heavy atom. The van der Waals surface area contributed by atoms with Crippen LogP contribution in [0.2, 0.25) is 0 Å². The van der Waals surface area contributed by atoms with Gasteiger partial charge in [-0.2, -0.15) is 0 Å². The first-order valence-electron chi connectivity index (χ1n) is 5.75. The molecule has 0 saturated heterocycles. The maximum Gasteiger partial charge on any atom is 0.339 e. The molecule has 6 nitrogen and oxygen atoms in total. The van der Waals surface area contributed by atoms with Crippen molar-refractivity contribution in [3.8, 4) is 5.75 Å². The maximum absolute atomic E-state index is 13.5. The van der Waals surface area contributed by atoms with Crippen molar-refractivity contribution in [3.05, 3.63) is 53.6 Å². The van der Waals surface area contributed by atoms with Crippen molar-refractivity contribution in [2.45, 2.75) is 4.90 Å². The number of para-hydroxylation sites is 1. The van der Waals surface area contributed by atoms with Crippen molar-refractivity contribution < 1.29 is 32.2 Å². The molecule has 0 aromatic heterocycles. The topological polar surface area (TPSA) is 104 Å². The molecule has 116 valence electrons. The predicted molar refractivity (Wildman–Crippen MR) is 72.2 cm³/mol. The van der Waals surface area contributed by atoms with Crippen molar-refractivity contribution in [2.24, 2.45) is 0 Å². The van der Waals surface area contributed by atoms with E-state index in [0.29, 0.717) is 6.07 Å². The van der Waals surface area contributed by atoms with Gasteiger partial charge in [-0.1, -0.05) is 6.07 Å². The van der Waals surface area contributed by atoms with Crippen molar-refractivity contribution in [2.75, 3.05) is 4.72 Å². The molecule has 2 aromatic rings. The molecule has 0 heterocycles. The molecule has 0 aliphatic carbocycles. The number of rotatable bonds is 4. The van der Waals surface area contributed by atoms with Crippen molar-refractivity contribution in [1.29, 1.82) is 0 Å². The Hall–Kier alpha value is -2.68. The number of carbonyl (C=O) groups is 1. The lowest BCUT2D eigenvalue weighted by atomic mass is 10.2. The number of nitrogens with one attached hydrogen (secondary N) is 1. The minimum absolute atomic E-state index is 0.564. The number of carboxylic acid groups (broad SMARTS) is 1. The lowest BCUT2D eigenvalue weighted by Gasteiger charge is -2.10. The first-order chi connectivity index (χ1) is 10.2. The van der Waals surface area contributed by atoms with E-state index < -0.39 is 49.5 Å². The van der Waals surface area contributed by atoms with Crippen LogP contribution in [0.3, 0.4) is 0 Å². The number of sulfonamides is 1. The van der Waals surface area contributed by atoms with E-state index >= 15 is 0 Å². The molecule has 0 radical (unpaired) electrons. The van der Waals surface area contributed by atoms with Gasteiger partial charge in [0, 0.05) is 0 Å². The first kappa shape index (κ1) is 15.7. The Morgan fingerprint density at radius 1 is 1.09 bits per heavy atom. The first-order valence-corrected chi connectivity index (χ1v) is 7.24. The van der Waals surface area contributed by atoms with Gasteiger partial charge < -0.3 is 10.2 Å². The van der Waals surface area contributed by atoms with Crippen LogP contribution in [0, 0.1) is 11.6 Å². The minimum atomic E-state index is -4.44. The van der Waals surface area contributed by atoms with Crippen LogP contribution in [0.15, 0.2) is 41.3 Å². The van der Waals surface area contributed by atoms with Gasteiger partial charge in [-0.25, -0.2) is 22.0 Å². The number of anilines is 1. The molecule has 22 heavy (non-hydrogen) atoms. The number of hydrogen-bond acceptors (Lipinski definition) is 4. The second kappa shape index (κ2) is 5.60. The van der Waals surface area contributed by atoms with Gasteiger partial charge in [0.25, 0.3) is 10.0 Å². The van der Waals surface area contributed by atoms with Gasteiger partial charge in [0.05, 0.1) is 4.90 Å². The third-order valence-corrected chi connectivity index (χ3v) is 4.06. The standard InChI is InChI=1S/C13H9F2NO5S/c14-9-2-1-3-10(15)12(9)16-22(20,21)7-4-5-11(17)8(6-7)13(18)19/h1-6,16-17H,(H,18,19). The summed E-state index contributed by atoms with van der Waals surface area (Å²) < 4.78 is 52.8. The lowest BCUT2D eigenvalue weighted by molar-refractivity contribution is 0.0693. The summed E-state index contributed by atoms with van der Waals surface area (Å²) in [6.45, 7) is 0. The minimum Gasteiger partial charge on any atom is -0.507 e. The summed E-state index contributed by atoms with van der Waals surface area (Å²) in [5.41, 5.74) is -1.54. The van der Waals surface area contributed by atoms with Crippen LogP contribution in [-0.2, 0) is 10.0 Å². The van der Waals surface area contributed by atoms with E-state index in [1.165, 1.54) is 0 Å². The predicted octanol–water partition coefficient (Wildman–Crippen LogP) is 2.17. The van der Waals surface area contributed by atoms with E-state index in [2.05, 4.69) is 0 Å². The zero-order valence-corrected chi connectivity index (χ0v) is 11.6. The fraction of sp³-hybridized carbons (Fsp3) is 0. The van der Waals surface area contributed by atoms with E-state index in [4.69, 9.17) is 5.11 Å². The van der Waals surface area contributed by atoms with Gasteiger partial charge in [0.15, 0.2) is 0 Å². The van der Waals surface area contributed by atoms with Gasteiger partial charge in [-0.15, -0.1) is 0 Å². The molecule has 0 amide bonds. The highest BCUT2D eigenvalue weighted by Gasteiger charge is 2.21. The largest absolute Gasteiger partial charge is 0.507 e. The molecule has 0 spiro atoms. The molecule has 0 unspecified atom stereocenters. The fourth-order valence-electron chi connectivity index (χ4n) is 1.64. The molecule has 2 aromatic carbocycles. The van der Waals surface area contributed by atoms with Crippen molar-refractivity contribution in [1.82, 2.24) is 0 Å². The molecule has 0 fully saturated rings. The van der Waals surface area contributed by atoms with Crippen molar-refractivity contribution in [3.63, 3.8) is 0 Å². The smallest absolute Gasteiger partial charge is 0.339 e. The SMILES string of the molecule is O=C(O)c1cc(S(=O)(=O)Nc2c(F)cccc2F)ccc1O. The molecule has 0 bridgehead atoms. The highest BCUT2D eigenvalue weighted by molar-refractivity contribution is 7.92. The zero-order valence-electron chi connectivity index (χ0n) is 10.7. The van der Waals surface area contributed by atoms with Gasteiger partial charge in [-0.3, -0.25) is 4.72 Å². The van der Waals surface area contributed by atoms with E-state index in [-0.39, 0.29) is 0 Å². The second-order valence-corrected chi connectivity index (χ2v) is 5.87. The number of aromatic hydroxyl groups is 1. The monoisotopic (exact) mass is 329 g/mol. The Morgan fingerprint density at radius 2 is 1.68 bits per heavy atom. The van der Waals surface area contributed by atoms with Gasteiger partial charge in [0.2, 0.25) is 0 Å². The van der Waals surface area contributed by atoms with Crippen LogP contribution >= 0.6 is 0 Å². The summed E-state index contributed by atoms with van der Waals surface area (Å²) >= 11 is 0. The number of phenols is 1. The summed E-state index contributed by atoms with van der Waals surface area (Å²) in [5, 5.41) is 18.2. The highest BCUT2D eigenvalue weighted by atomic mass is 32.2. The number of benzene rings is 2. The van der Waals surface area contributed by atoms with E-state index in [1.54, 1.807) is 4.72 Å². The summed E-state index contributed by atoms with van der Waals surface area (Å²) in [7, 11) is -4.44. The molecule has 0 atom stereocenters. The number of halogens is 2. The summed E-state index contributed by atoms with van der Waals surface area (Å²) in [5.74, 6) is -4.43. The number of aromatic carboxylic acids is 1. The summed E-state index contributed by atoms with van der Waals surface area (Å²) in [4.78, 5) is 10.3. The molecular formula is C13H9F2NO5S. The van der Waals surface area contributed by atoms with Crippen LogP contribution < -0.4 is 4.72 Å². The van der Waals surface area contributed by atoms with Crippen molar-refractivity contribution >= 4 is 21.7 Å². The Labute approximate surface area is 123 Å². The van der Waals surface area contributed by atoms with E-state index in [1.807, 2.05) is 0 Å². The quantitative estimate of drug-likeness (QED) is 0.797. The van der Waals surface area contributed by atoms with Gasteiger partial charge in [-0.05, 0) is 30.3 Å². The summed E-state index contributed by atoms with van der Waals surface area (Å²) in [6, 6.07) is 5.23. The van der Waals surface area contributed by atoms with E-state index in [9.17, 15) is 27.1 Å². The lowest BCUT2D eigenvalue weighted by Crippen LogP contribution is -2.15. The third-order valence-electron chi connectivity index (χ3n) is 2.71. The molecular weight excluding hydrogens is 320 g/mol. The third kappa shape index (κ3) is 2.98. The van der Waals surface area contributed by atoms with E-state index in [0.717, 1.165) is 30.3 Å². The van der Waals surface area contributed by atoms with Gasteiger partial charge >= 0.3 is 5.97 Å². The number of hydrogen-bond donors (Lipinski definition) is 3. The normalized spacial score (nSPS) is 11.2. The number of carboxylic acids is 1. The Balaban J connectivity index is 2.48. The van der Waals surface area contributed by atoms with Crippen LogP contribution in [0.4, 0.5) is 14.5 Å². The summed E-state index contributed by atoms with van der Waals surface area (Å²) in [6.07, 6.45) is 0. The maximum atomic E-state index is 13.5. The van der Waals surface area contributed by atoms with Crippen LogP contribution in [0.25, 0.3) is 0 Å². The second-order valence-electron chi connectivity index (χ2n) is 4.19. The Bertz CT molecular complexity index is 831. The van der Waals surface area contributed by atoms with Crippen LogP contribution in [0.1, 0.15) is 10.4 Å². The molecule has 0 aliphatic rings. The molecule has 2 rings (SSSR count). The average molecular weight is 329 g/mol. The Kier molecular flexibility index (Phi) is 4.00. The average Bonchev–Trinajstić information content (AvgIpc) is 2.43. The highest BCUT2D eigenvalue weighted by Crippen LogP contribution is 2.25. The molecule has 0 aliphatic heterocycles. The van der Waals surface area contributed by atoms with Crippen LogP contribution in [0.5, 0.6) is 5.75 Å². The zero-order chi connectivity index (χ0) is 16.5. The van der Waals surface area contributed by atoms with Crippen LogP contribution in [-0.4, -0.2) is 24.6 Å². The molecule has 3 N–H and O–H groups in total. The fourth-order valence-corrected chi connectivity index (χ4v) is 2.74. The van der Waals surface area contributed by atoms with Gasteiger partial charge in [0.1, 0.15) is 28.6 Å².